The average molecular weight is 345 g/mol. The molecule has 1 aromatic heterocycles. The van der Waals surface area contributed by atoms with Crippen LogP contribution in [-0.4, -0.2) is 72.4 Å². The summed E-state index contributed by atoms with van der Waals surface area (Å²) in [5, 5.41) is 0. The van der Waals surface area contributed by atoms with E-state index in [2.05, 4.69) is 9.88 Å². The van der Waals surface area contributed by atoms with Crippen molar-refractivity contribution in [3.8, 4) is 0 Å². The van der Waals surface area contributed by atoms with Crippen molar-refractivity contribution in [2.75, 3.05) is 38.6 Å². The number of nitrogens with two attached hydrogens (primary N) is 1. The minimum Gasteiger partial charge on any atom is -0.378 e. The molecule has 7 heteroatoms. The molecular weight excluding hydrogens is 318 g/mol. The highest BCUT2D eigenvalue weighted by Crippen LogP contribution is 2.26. The van der Waals surface area contributed by atoms with Crippen LogP contribution in [0.1, 0.15) is 36.2 Å². The predicted molar refractivity (Wildman–Crippen MR) is 96.4 cm³/mol. The number of hydrogen-bond donors (Lipinski definition) is 1. The van der Waals surface area contributed by atoms with Crippen LogP contribution in [0.3, 0.4) is 0 Å². The van der Waals surface area contributed by atoms with Crippen LogP contribution in [0, 0.1) is 0 Å². The zero-order chi connectivity index (χ0) is 18.0. The first-order valence-corrected chi connectivity index (χ1v) is 8.95. The minimum absolute atomic E-state index is 0.0185. The molecule has 1 aromatic rings. The van der Waals surface area contributed by atoms with Crippen molar-refractivity contribution in [2.45, 2.75) is 37.8 Å². The molecule has 0 bridgehead atoms. The van der Waals surface area contributed by atoms with E-state index < -0.39 is 0 Å². The Morgan fingerprint density at radius 2 is 1.92 bits per heavy atom. The third-order valence-electron chi connectivity index (χ3n) is 5.32. The lowest BCUT2D eigenvalue weighted by molar-refractivity contribution is -0.123. The number of nitrogens with zero attached hydrogens (tertiary/aromatic N) is 4. The van der Waals surface area contributed by atoms with Gasteiger partial charge in [-0.1, -0.05) is 0 Å². The second kappa shape index (κ2) is 7.39. The molecule has 0 aliphatic carbocycles. The van der Waals surface area contributed by atoms with Gasteiger partial charge >= 0.3 is 0 Å². The summed E-state index contributed by atoms with van der Waals surface area (Å²) in [6, 6.07) is 3.93. The molecule has 2 fully saturated rings. The summed E-state index contributed by atoms with van der Waals surface area (Å²) in [6.45, 7) is 2.32. The van der Waals surface area contributed by atoms with E-state index in [4.69, 9.17) is 5.73 Å². The number of hydrogen-bond acceptors (Lipinski definition) is 5. The molecule has 7 nitrogen and oxygen atoms in total. The second-order valence-electron chi connectivity index (χ2n) is 7.12. The van der Waals surface area contributed by atoms with E-state index in [1.165, 1.54) is 0 Å². The number of carbonyl (C=O) groups excluding carboxylic acids is 2. The fraction of sp³-hybridized carbons (Fsp3) is 0.611. The fourth-order valence-electron chi connectivity index (χ4n) is 3.91. The normalized spacial score (nSPS) is 22.2. The lowest BCUT2D eigenvalue weighted by Crippen LogP contribution is -2.51. The lowest BCUT2D eigenvalue weighted by atomic mass is 10.0. The Labute approximate surface area is 148 Å². The summed E-state index contributed by atoms with van der Waals surface area (Å²) in [4.78, 5) is 34.6. The number of pyridine rings is 1. The van der Waals surface area contributed by atoms with Gasteiger partial charge in [0.2, 0.25) is 5.91 Å². The van der Waals surface area contributed by atoms with Crippen LogP contribution >= 0.6 is 0 Å². The van der Waals surface area contributed by atoms with Gasteiger partial charge in [-0.3, -0.25) is 19.5 Å². The average Bonchev–Trinajstić information content (AvgIpc) is 3.11. The maximum atomic E-state index is 12.7. The van der Waals surface area contributed by atoms with Gasteiger partial charge in [0.05, 0.1) is 6.04 Å². The minimum atomic E-state index is -0.222. The first-order chi connectivity index (χ1) is 12.0. The number of likely N-dealkylation sites (tertiary alicyclic amines) is 2. The van der Waals surface area contributed by atoms with Gasteiger partial charge in [-0.05, 0) is 44.4 Å². The molecule has 2 saturated heterocycles. The van der Waals surface area contributed by atoms with Crippen LogP contribution in [0.15, 0.2) is 18.3 Å². The molecule has 2 aliphatic rings. The van der Waals surface area contributed by atoms with Gasteiger partial charge in [0.25, 0.3) is 5.91 Å². The number of amides is 2. The molecule has 1 atom stereocenters. The quantitative estimate of drug-likeness (QED) is 0.869. The van der Waals surface area contributed by atoms with Crippen LogP contribution < -0.4 is 10.6 Å². The third-order valence-corrected chi connectivity index (χ3v) is 5.32. The first-order valence-electron chi connectivity index (χ1n) is 8.95. The Bertz CT molecular complexity index is 640. The van der Waals surface area contributed by atoms with Crippen LogP contribution in [0.4, 0.5) is 5.69 Å². The summed E-state index contributed by atoms with van der Waals surface area (Å²) in [7, 11) is 3.89. The molecular formula is C18H27N5O2. The molecule has 0 aromatic carbocycles. The monoisotopic (exact) mass is 345 g/mol. The smallest absolute Gasteiger partial charge is 0.272 e. The molecule has 2 amide bonds. The summed E-state index contributed by atoms with van der Waals surface area (Å²) in [6.07, 6.45) is 5.31. The number of carbonyl (C=O) groups is 2. The zero-order valence-electron chi connectivity index (χ0n) is 15.0. The van der Waals surface area contributed by atoms with Crippen molar-refractivity contribution >= 4 is 17.5 Å². The standard InChI is InChI=1S/C18H27N5O2/c1-21(2)14-5-8-20-15(12-14)18(25)22-10-6-13(7-11-22)23-9-3-4-16(23)17(19)24/h5,8,12-13,16H,3-4,6-7,9-11H2,1-2H3,(H2,19,24). The third kappa shape index (κ3) is 3.76. The van der Waals surface area contributed by atoms with Gasteiger partial charge in [-0.25, -0.2) is 0 Å². The van der Waals surface area contributed by atoms with Gasteiger partial charge in [0, 0.05) is 45.1 Å². The van der Waals surface area contributed by atoms with E-state index in [1.54, 1.807) is 6.20 Å². The van der Waals surface area contributed by atoms with Crippen molar-refractivity contribution in [3.63, 3.8) is 0 Å². The number of anilines is 1. The highest BCUT2D eigenvalue weighted by Gasteiger charge is 2.36. The van der Waals surface area contributed by atoms with E-state index in [9.17, 15) is 9.59 Å². The van der Waals surface area contributed by atoms with Crippen LogP contribution in [0.25, 0.3) is 0 Å². The van der Waals surface area contributed by atoms with Gasteiger partial charge in [-0.15, -0.1) is 0 Å². The van der Waals surface area contributed by atoms with Crippen molar-refractivity contribution in [3.05, 3.63) is 24.0 Å². The van der Waals surface area contributed by atoms with Crippen LogP contribution in [0.2, 0.25) is 0 Å². The van der Waals surface area contributed by atoms with E-state index in [0.29, 0.717) is 24.8 Å². The van der Waals surface area contributed by atoms with E-state index >= 15 is 0 Å². The molecule has 136 valence electrons. The largest absolute Gasteiger partial charge is 0.378 e. The van der Waals surface area contributed by atoms with Crippen molar-refractivity contribution < 1.29 is 9.59 Å². The molecule has 25 heavy (non-hydrogen) atoms. The lowest BCUT2D eigenvalue weighted by Gasteiger charge is -2.38. The van der Waals surface area contributed by atoms with E-state index in [-0.39, 0.29) is 17.9 Å². The molecule has 0 spiro atoms. The fourth-order valence-corrected chi connectivity index (χ4v) is 3.91. The van der Waals surface area contributed by atoms with E-state index in [0.717, 1.165) is 37.9 Å². The predicted octanol–water partition coefficient (Wildman–Crippen LogP) is 0.702. The Kier molecular flexibility index (Phi) is 5.22. The van der Waals surface area contributed by atoms with Gasteiger partial charge in [0.15, 0.2) is 0 Å². The summed E-state index contributed by atoms with van der Waals surface area (Å²) in [5.74, 6) is -0.240. The Hall–Kier alpha value is -2.15. The summed E-state index contributed by atoms with van der Waals surface area (Å²) >= 11 is 0. The van der Waals surface area contributed by atoms with Crippen molar-refractivity contribution in [1.29, 1.82) is 0 Å². The van der Waals surface area contributed by atoms with Crippen LogP contribution in [-0.2, 0) is 4.79 Å². The molecule has 2 aliphatic heterocycles. The Morgan fingerprint density at radius 1 is 1.20 bits per heavy atom. The van der Waals surface area contributed by atoms with Gasteiger partial charge in [-0.2, -0.15) is 0 Å². The number of piperidine rings is 1. The SMILES string of the molecule is CN(C)c1ccnc(C(=O)N2CCC(N3CCCC3C(N)=O)CC2)c1. The molecule has 0 radical (unpaired) electrons. The molecule has 2 N–H and O–H groups in total. The van der Waals surface area contributed by atoms with Crippen molar-refractivity contribution in [2.24, 2.45) is 5.73 Å². The van der Waals surface area contributed by atoms with Crippen LogP contribution in [0.5, 0.6) is 0 Å². The topological polar surface area (TPSA) is 82.8 Å². The second-order valence-corrected chi connectivity index (χ2v) is 7.12. The molecule has 3 heterocycles. The summed E-state index contributed by atoms with van der Waals surface area (Å²) < 4.78 is 0. The van der Waals surface area contributed by atoms with Gasteiger partial charge < -0.3 is 15.5 Å². The highest BCUT2D eigenvalue weighted by atomic mass is 16.2. The number of primary amides is 1. The highest BCUT2D eigenvalue weighted by molar-refractivity contribution is 5.93. The van der Waals surface area contributed by atoms with E-state index in [1.807, 2.05) is 36.0 Å². The van der Waals surface area contributed by atoms with Gasteiger partial charge in [0.1, 0.15) is 5.69 Å². The summed E-state index contributed by atoms with van der Waals surface area (Å²) in [5.41, 5.74) is 6.98. The molecule has 0 saturated carbocycles. The Balaban J connectivity index is 1.61. The first kappa shape index (κ1) is 17.7. The van der Waals surface area contributed by atoms with Crippen molar-refractivity contribution in [1.82, 2.24) is 14.8 Å². The number of rotatable bonds is 4. The number of aromatic nitrogens is 1. The zero-order valence-corrected chi connectivity index (χ0v) is 15.0. The maximum Gasteiger partial charge on any atom is 0.272 e. The molecule has 1 unspecified atom stereocenters. The molecule has 3 rings (SSSR count). The Morgan fingerprint density at radius 3 is 2.56 bits per heavy atom. The maximum absolute atomic E-state index is 12.7.